The van der Waals surface area contributed by atoms with Gasteiger partial charge in [-0.3, -0.25) is 10.1 Å². The molecule has 0 bridgehead atoms. The quantitative estimate of drug-likeness (QED) is 0.414. The molecule has 1 saturated heterocycles. The van der Waals surface area contributed by atoms with Crippen molar-refractivity contribution in [2.24, 2.45) is 0 Å². The first kappa shape index (κ1) is 25.9. The summed E-state index contributed by atoms with van der Waals surface area (Å²) in [5.41, 5.74) is 4.39. The maximum absolute atomic E-state index is 14.0. The average molecular weight is 487 g/mol. The normalized spacial score (nSPS) is 18.8. The number of hydrogen-bond acceptors (Lipinski definition) is 4. The van der Waals surface area contributed by atoms with Crippen molar-refractivity contribution in [1.29, 1.82) is 0 Å². The van der Waals surface area contributed by atoms with Crippen LogP contribution in [0.1, 0.15) is 68.0 Å². The Hall–Kier alpha value is -3.15. The summed E-state index contributed by atoms with van der Waals surface area (Å²) >= 11 is 0. The summed E-state index contributed by atoms with van der Waals surface area (Å²) in [5, 5.41) is 3.68. The minimum absolute atomic E-state index is 0.0135. The molecule has 1 N–H and O–H groups in total. The number of nitrogens with zero attached hydrogens (tertiary/aromatic N) is 1. The molecule has 0 aromatic heterocycles. The number of nitrogens with one attached hydrogen (secondary N) is 1. The van der Waals surface area contributed by atoms with Crippen molar-refractivity contribution in [3.63, 3.8) is 0 Å². The SMILES string of the molecule is COc1ccc(C(C)(C)C)cc1CNC1CCC(c2ccccc2)N1C(=O)[C@H](OC)c1ccccc1. The monoisotopic (exact) mass is 486 g/mol. The molecule has 1 fully saturated rings. The van der Waals surface area contributed by atoms with Crippen molar-refractivity contribution in [3.05, 3.63) is 101 Å². The summed E-state index contributed by atoms with van der Waals surface area (Å²) in [6.07, 6.45) is 0.973. The number of ether oxygens (including phenoxy) is 2. The molecule has 5 nitrogen and oxygen atoms in total. The summed E-state index contributed by atoms with van der Waals surface area (Å²) in [7, 11) is 3.31. The van der Waals surface area contributed by atoms with E-state index in [1.807, 2.05) is 59.5 Å². The van der Waals surface area contributed by atoms with E-state index in [-0.39, 0.29) is 23.5 Å². The first-order valence-corrected chi connectivity index (χ1v) is 12.7. The number of methoxy groups -OCH3 is 2. The molecular weight excluding hydrogens is 448 g/mol. The first-order chi connectivity index (χ1) is 17.3. The van der Waals surface area contributed by atoms with Crippen LogP contribution in [0, 0.1) is 0 Å². The van der Waals surface area contributed by atoms with Gasteiger partial charge in [-0.05, 0) is 41.0 Å². The second-order valence-corrected chi connectivity index (χ2v) is 10.4. The van der Waals surface area contributed by atoms with Gasteiger partial charge in [0.2, 0.25) is 0 Å². The molecule has 1 amide bonds. The Bertz CT molecular complexity index is 1140. The van der Waals surface area contributed by atoms with Gasteiger partial charge in [0.15, 0.2) is 6.10 Å². The zero-order valence-corrected chi connectivity index (χ0v) is 22.0. The van der Waals surface area contributed by atoms with Crippen molar-refractivity contribution < 1.29 is 14.3 Å². The summed E-state index contributed by atoms with van der Waals surface area (Å²) in [6.45, 7) is 7.24. The Balaban J connectivity index is 1.63. The van der Waals surface area contributed by atoms with E-state index in [2.05, 4.69) is 50.4 Å². The minimum atomic E-state index is -0.654. The average Bonchev–Trinajstić information content (AvgIpc) is 3.32. The fourth-order valence-corrected chi connectivity index (χ4v) is 5.07. The Kier molecular flexibility index (Phi) is 8.12. The third-order valence-electron chi connectivity index (χ3n) is 7.06. The molecule has 3 aromatic carbocycles. The molecule has 5 heteroatoms. The third kappa shape index (κ3) is 5.63. The van der Waals surface area contributed by atoms with Crippen LogP contribution in [-0.2, 0) is 21.5 Å². The number of amides is 1. The molecule has 1 aliphatic rings. The smallest absolute Gasteiger partial charge is 0.258 e. The maximum atomic E-state index is 14.0. The van der Waals surface area contributed by atoms with Crippen molar-refractivity contribution in [1.82, 2.24) is 10.2 Å². The summed E-state index contributed by atoms with van der Waals surface area (Å²) < 4.78 is 11.4. The van der Waals surface area contributed by atoms with Crippen LogP contribution >= 0.6 is 0 Å². The van der Waals surface area contributed by atoms with Crippen LogP contribution < -0.4 is 10.1 Å². The van der Waals surface area contributed by atoms with Crippen LogP contribution in [0.25, 0.3) is 0 Å². The second kappa shape index (κ2) is 11.3. The van der Waals surface area contributed by atoms with Crippen LogP contribution in [0.3, 0.4) is 0 Å². The van der Waals surface area contributed by atoms with Crippen LogP contribution in [0.5, 0.6) is 5.75 Å². The van der Waals surface area contributed by atoms with Crippen LogP contribution in [-0.4, -0.2) is 31.2 Å². The van der Waals surface area contributed by atoms with Gasteiger partial charge >= 0.3 is 0 Å². The highest BCUT2D eigenvalue weighted by atomic mass is 16.5. The van der Waals surface area contributed by atoms with Gasteiger partial charge in [-0.25, -0.2) is 0 Å². The highest BCUT2D eigenvalue weighted by Gasteiger charge is 2.40. The lowest BCUT2D eigenvalue weighted by Crippen LogP contribution is -2.47. The lowest BCUT2D eigenvalue weighted by molar-refractivity contribution is -0.146. The molecule has 2 unspecified atom stereocenters. The van der Waals surface area contributed by atoms with E-state index in [9.17, 15) is 4.79 Å². The van der Waals surface area contributed by atoms with E-state index in [0.717, 1.165) is 35.3 Å². The number of carbonyl (C=O) groups is 1. The van der Waals surface area contributed by atoms with Crippen LogP contribution in [0.15, 0.2) is 78.9 Å². The van der Waals surface area contributed by atoms with Gasteiger partial charge in [-0.1, -0.05) is 93.6 Å². The van der Waals surface area contributed by atoms with Gasteiger partial charge in [0.05, 0.1) is 19.3 Å². The molecule has 3 atom stereocenters. The van der Waals surface area contributed by atoms with Gasteiger partial charge in [0.25, 0.3) is 5.91 Å². The topological polar surface area (TPSA) is 50.8 Å². The van der Waals surface area contributed by atoms with E-state index in [1.165, 1.54) is 5.56 Å². The Morgan fingerprint density at radius 1 is 0.972 bits per heavy atom. The molecule has 0 spiro atoms. The zero-order chi connectivity index (χ0) is 25.7. The van der Waals surface area contributed by atoms with E-state index in [4.69, 9.17) is 9.47 Å². The van der Waals surface area contributed by atoms with E-state index in [0.29, 0.717) is 6.54 Å². The Morgan fingerprint density at radius 2 is 1.64 bits per heavy atom. The van der Waals surface area contributed by atoms with Crippen molar-refractivity contribution in [2.45, 2.75) is 63.9 Å². The lowest BCUT2D eigenvalue weighted by atomic mass is 9.86. The number of carbonyl (C=O) groups excluding carboxylic acids is 1. The number of benzene rings is 3. The Morgan fingerprint density at radius 3 is 2.25 bits per heavy atom. The van der Waals surface area contributed by atoms with Gasteiger partial charge in [0, 0.05) is 19.2 Å². The fraction of sp³-hybridized carbons (Fsp3) is 0.387. The number of rotatable bonds is 8. The van der Waals surface area contributed by atoms with Gasteiger partial charge in [0.1, 0.15) is 5.75 Å². The van der Waals surface area contributed by atoms with Crippen molar-refractivity contribution >= 4 is 5.91 Å². The zero-order valence-electron chi connectivity index (χ0n) is 22.0. The maximum Gasteiger partial charge on any atom is 0.258 e. The fourth-order valence-electron chi connectivity index (χ4n) is 5.07. The Labute approximate surface area is 215 Å². The second-order valence-electron chi connectivity index (χ2n) is 10.4. The molecule has 1 aliphatic heterocycles. The number of hydrogen-bond donors (Lipinski definition) is 1. The molecular formula is C31H38N2O3. The molecule has 36 heavy (non-hydrogen) atoms. The van der Waals surface area contributed by atoms with E-state index >= 15 is 0 Å². The van der Waals surface area contributed by atoms with Gasteiger partial charge in [-0.2, -0.15) is 0 Å². The van der Waals surface area contributed by atoms with Gasteiger partial charge < -0.3 is 14.4 Å². The van der Waals surface area contributed by atoms with Crippen molar-refractivity contribution in [3.8, 4) is 5.75 Å². The molecule has 0 aliphatic carbocycles. The van der Waals surface area contributed by atoms with Crippen LogP contribution in [0.4, 0.5) is 0 Å². The predicted octanol–water partition coefficient (Wildman–Crippen LogP) is 6.16. The largest absolute Gasteiger partial charge is 0.496 e. The van der Waals surface area contributed by atoms with Crippen molar-refractivity contribution in [2.75, 3.05) is 14.2 Å². The molecule has 190 valence electrons. The van der Waals surface area contributed by atoms with E-state index < -0.39 is 6.10 Å². The van der Waals surface area contributed by atoms with E-state index in [1.54, 1.807) is 14.2 Å². The summed E-state index contributed by atoms with van der Waals surface area (Å²) in [6, 6.07) is 26.4. The predicted molar refractivity (Wildman–Crippen MR) is 144 cm³/mol. The highest BCUT2D eigenvalue weighted by molar-refractivity contribution is 5.83. The molecule has 3 aromatic rings. The third-order valence-corrected chi connectivity index (χ3v) is 7.06. The molecule has 0 radical (unpaired) electrons. The standard InChI is InChI=1S/C31H38N2O3/c1-31(2,3)25-16-18-27(35-4)24(20-25)21-32-28-19-17-26(22-12-8-6-9-13-22)33(28)30(34)29(36-5)23-14-10-7-11-15-23/h6-16,18,20,26,28-29,32H,17,19,21H2,1-5H3/t26?,28?,29-/m1/s1. The molecule has 1 heterocycles. The minimum Gasteiger partial charge on any atom is -0.496 e. The number of likely N-dealkylation sites (tertiary alicyclic amines) is 1. The molecule has 4 rings (SSSR count). The first-order valence-electron chi connectivity index (χ1n) is 12.7. The molecule has 0 saturated carbocycles. The lowest BCUT2D eigenvalue weighted by Gasteiger charge is -2.34. The summed E-state index contributed by atoms with van der Waals surface area (Å²) in [5.74, 6) is 0.827. The summed E-state index contributed by atoms with van der Waals surface area (Å²) in [4.78, 5) is 16.0. The van der Waals surface area contributed by atoms with Crippen LogP contribution in [0.2, 0.25) is 0 Å². The highest BCUT2D eigenvalue weighted by Crippen LogP contribution is 2.38. The van der Waals surface area contributed by atoms with Gasteiger partial charge in [-0.15, -0.1) is 0 Å².